The van der Waals surface area contributed by atoms with Crippen LogP contribution in [0.2, 0.25) is 0 Å². The number of aromatic nitrogens is 4. The fourth-order valence-corrected chi connectivity index (χ4v) is 4.80. The molecule has 1 saturated carbocycles. The van der Waals surface area contributed by atoms with Crippen LogP contribution in [0.25, 0.3) is 22.6 Å². The zero-order valence-corrected chi connectivity index (χ0v) is 22.4. The van der Waals surface area contributed by atoms with Crippen molar-refractivity contribution in [1.82, 2.24) is 29.4 Å². The van der Waals surface area contributed by atoms with E-state index in [2.05, 4.69) is 15.4 Å². The van der Waals surface area contributed by atoms with Gasteiger partial charge >= 0.3 is 6.09 Å². The van der Waals surface area contributed by atoms with Gasteiger partial charge < -0.3 is 15.0 Å². The number of carbonyl (C=O) groups is 2. The number of carbonyl (C=O) groups excluding carboxylic acids is 2. The molecule has 6 rings (SSSR count). The minimum Gasteiger partial charge on any atom is -0.444 e. The molecular weight excluding hydrogens is 499 g/mol. The van der Waals surface area contributed by atoms with Gasteiger partial charge in [-0.1, -0.05) is 6.07 Å². The molecule has 3 aromatic heterocycles. The molecule has 0 unspecified atom stereocenters. The highest BCUT2D eigenvalue weighted by molar-refractivity contribution is 5.96. The van der Waals surface area contributed by atoms with E-state index < -0.39 is 11.4 Å². The number of hydrogen-bond acceptors (Lipinski definition) is 5. The van der Waals surface area contributed by atoms with Gasteiger partial charge in [0.15, 0.2) is 5.82 Å². The summed E-state index contributed by atoms with van der Waals surface area (Å²) in [5.74, 6) is 0.0248. The van der Waals surface area contributed by atoms with Gasteiger partial charge in [0.1, 0.15) is 17.1 Å². The highest BCUT2D eigenvalue weighted by Gasteiger charge is 2.35. The molecule has 2 aliphatic rings. The molecule has 9 nitrogen and oxygen atoms in total. The highest BCUT2D eigenvalue weighted by atomic mass is 19.1. The van der Waals surface area contributed by atoms with Gasteiger partial charge in [0.25, 0.3) is 5.91 Å². The van der Waals surface area contributed by atoms with Crippen molar-refractivity contribution >= 4 is 17.6 Å². The first-order valence-electron chi connectivity index (χ1n) is 13.2. The lowest BCUT2D eigenvalue weighted by molar-refractivity contribution is 0.00815. The van der Waals surface area contributed by atoms with Crippen molar-refractivity contribution in [2.45, 2.75) is 58.1 Å². The Labute approximate surface area is 225 Å². The quantitative estimate of drug-likeness (QED) is 0.398. The number of hydrogen-bond donors (Lipinski definition) is 1. The predicted molar refractivity (Wildman–Crippen MR) is 143 cm³/mol. The maximum atomic E-state index is 14.6. The van der Waals surface area contributed by atoms with Crippen LogP contribution in [0.15, 0.2) is 49.1 Å². The smallest absolute Gasteiger partial charge is 0.410 e. The summed E-state index contributed by atoms with van der Waals surface area (Å²) in [6, 6.07) is 7.13. The number of rotatable bonds is 5. The molecule has 2 fully saturated rings. The van der Waals surface area contributed by atoms with E-state index in [9.17, 15) is 14.0 Å². The van der Waals surface area contributed by atoms with E-state index >= 15 is 0 Å². The van der Waals surface area contributed by atoms with Crippen molar-refractivity contribution in [3.8, 4) is 16.9 Å². The molecule has 0 atom stereocenters. The first kappa shape index (κ1) is 25.1. The SMILES string of the molecule is Cc1cc(F)c(C(=O)NC2CC2)cc1-c1cnn(-c2cnc3ccc(C4CN(C(=O)OC(C)(C)C)C4)cn23)c1. The number of imidazole rings is 1. The molecule has 4 aromatic rings. The second kappa shape index (κ2) is 9.21. The Kier molecular flexibility index (Phi) is 5.93. The van der Waals surface area contributed by atoms with Gasteiger partial charge in [-0.2, -0.15) is 5.10 Å². The molecule has 2 amide bonds. The zero-order chi connectivity index (χ0) is 27.5. The molecule has 1 aliphatic heterocycles. The zero-order valence-electron chi connectivity index (χ0n) is 22.4. The molecule has 4 heterocycles. The van der Waals surface area contributed by atoms with Crippen LogP contribution >= 0.6 is 0 Å². The van der Waals surface area contributed by atoms with Crippen LogP contribution in [0, 0.1) is 12.7 Å². The summed E-state index contributed by atoms with van der Waals surface area (Å²) in [6.45, 7) is 8.59. The molecular formula is C29H31FN6O3. The Balaban J connectivity index is 1.24. The van der Waals surface area contributed by atoms with Crippen LogP contribution in [-0.4, -0.2) is 60.8 Å². The average Bonchev–Trinajstić information content (AvgIpc) is 3.33. The normalized spacial score (nSPS) is 15.9. The summed E-state index contributed by atoms with van der Waals surface area (Å²) in [5.41, 5.74) is 3.61. The average molecular weight is 531 g/mol. The number of benzene rings is 1. The Morgan fingerprint density at radius 1 is 1.10 bits per heavy atom. The Bertz CT molecular complexity index is 1590. The molecule has 0 radical (unpaired) electrons. The third kappa shape index (κ3) is 4.98. The maximum absolute atomic E-state index is 14.6. The summed E-state index contributed by atoms with van der Waals surface area (Å²) in [4.78, 5) is 31.1. The lowest BCUT2D eigenvalue weighted by Crippen LogP contribution is -2.50. The number of ether oxygens (including phenoxy) is 1. The molecule has 0 spiro atoms. The van der Waals surface area contributed by atoms with E-state index in [1.165, 1.54) is 6.07 Å². The summed E-state index contributed by atoms with van der Waals surface area (Å²) in [5, 5.41) is 7.41. The molecule has 1 N–H and O–H groups in total. The van der Waals surface area contributed by atoms with E-state index in [1.807, 2.05) is 56.6 Å². The van der Waals surface area contributed by atoms with Crippen molar-refractivity contribution in [3.63, 3.8) is 0 Å². The highest BCUT2D eigenvalue weighted by Crippen LogP contribution is 2.31. The van der Waals surface area contributed by atoms with E-state index in [0.29, 0.717) is 13.1 Å². The predicted octanol–water partition coefficient (Wildman–Crippen LogP) is 4.86. The van der Waals surface area contributed by atoms with Gasteiger partial charge in [-0.3, -0.25) is 9.20 Å². The molecule has 1 aliphatic carbocycles. The first-order valence-corrected chi connectivity index (χ1v) is 13.2. The van der Waals surface area contributed by atoms with E-state index in [1.54, 1.807) is 28.0 Å². The molecule has 1 saturated heterocycles. The third-order valence-corrected chi connectivity index (χ3v) is 7.11. The molecule has 1 aromatic carbocycles. The monoisotopic (exact) mass is 530 g/mol. The Morgan fingerprint density at radius 2 is 1.87 bits per heavy atom. The minimum atomic E-state index is -0.530. The van der Waals surface area contributed by atoms with Gasteiger partial charge in [0, 0.05) is 43.0 Å². The van der Waals surface area contributed by atoms with Crippen LogP contribution in [0.5, 0.6) is 0 Å². The van der Waals surface area contributed by atoms with E-state index in [0.717, 1.165) is 46.6 Å². The van der Waals surface area contributed by atoms with Crippen LogP contribution < -0.4 is 5.32 Å². The van der Waals surface area contributed by atoms with Crippen LogP contribution in [-0.2, 0) is 4.74 Å². The number of aryl methyl sites for hydroxylation is 1. The number of pyridine rings is 1. The number of fused-ring (bicyclic) bond motifs is 1. The Morgan fingerprint density at radius 3 is 2.59 bits per heavy atom. The van der Waals surface area contributed by atoms with Crippen molar-refractivity contribution in [2.75, 3.05) is 13.1 Å². The van der Waals surface area contributed by atoms with Crippen molar-refractivity contribution in [1.29, 1.82) is 0 Å². The van der Waals surface area contributed by atoms with Gasteiger partial charge in [0.05, 0.1) is 18.0 Å². The van der Waals surface area contributed by atoms with Gasteiger partial charge in [-0.15, -0.1) is 0 Å². The summed E-state index contributed by atoms with van der Waals surface area (Å²) in [7, 11) is 0. The van der Waals surface area contributed by atoms with E-state index in [4.69, 9.17) is 4.74 Å². The summed E-state index contributed by atoms with van der Waals surface area (Å²) >= 11 is 0. The number of halogens is 1. The lowest BCUT2D eigenvalue weighted by Gasteiger charge is -2.40. The second-order valence-corrected chi connectivity index (χ2v) is 11.5. The third-order valence-electron chi connectivity index (χ3n) is 7.11. The molecule has 202 valence electrons. The van der Waals surface area contributed by atoms with E-state index in [-0.39, 0.29) is 29.5 Å². The van der Waals surface area contributed by atoms with Crippen LogP contribution in [0.1, 0.15) is 61.0 Å². The Hall–Kier alpha value is -4.21. The van der Waals surface area contributed by atoms with Gasteiger partial charge in [-0.25, -0.2) is 18.9 Å². The maximum Gasteiger partial charge on any atom is 0.410 e. The van der Waals surface area contributed by atoms with Crippen molar-refractivity contribution < 1.29 is 18.7 Å². The number of amides is 2. The fourth-order valence-electron chi connectivity index (χ4n) is 4.80. The van der Waals surface area contributed by atoms with Crippen molar-refractivity contribution in [2.24, 2.45) is 0 Å². The fraction of sp³-hybridized carbons (Fsp3) is 0.379. The van der Waals surface area contributed by atoms with Crippen LogP contribution in [0.4, 0.5) is 9.18 Å². The molecule has 39 heavy (non-hydrogen) atoms. The standard InChI is InChI=1S/C29H31FN6O3/c1-17-9-24(30)23(27(37)33-21-6-7-21)10-22(17)19-11-32-36(16-19)26-12-31-25-8-5-18(15-35(25)26)20-13-34(14-20)28(38)39-29(2,3)4/h5,8-12,15-16,20-21H,6-7,13-14H2,1-4H3,(H,33,37). The van der Waals surface area contributed by atoms with Crippen LogP contribution in [0.3, 0.4) is 0 Å². The second-order valence-electron chi connectivity index (χ2n) is 11.5. The van der Waals surface area contributed by atoms with Gasteiger partial charge in [0.2, 0.25) is 0 Å². The summed E-state index contributed by atoms with van der Waals surface area (Å²) < 4.78 is 23.8. The number of likely N-dealkylation sites (tertiary alicyclic amines) is 1. The number of nitrogens with zero attached hydrogens (tertiary/aromatic N) is 5. The topological polar surface area (TPSA) is 93.8 Å². The van der Waals surface area contributed by atoms with Gasteiger partial charge in [-0.05, 0) is 75.4 Å². The minimum absolute atomic E-state index is 0.0376. The lowest BCUT2D eigenvalue weighted by atomic mass is 9.93. The largest absolute Gasteiger partial charge is 0.444 e. The molecule has 10 heteroatoms. The van der Waals surface area contributed by atoms with Crippen molar-refractivity contribution in [3.05, 3.63) is 71.6 Å². The number of nitrogens with one attached hydrogen (secondary N) is 1. The summed E-state index contributed by atoms with van der Waals surface area (Å²) in [6.07, 6.45) is 8.90. The first-order chi connectivity index (χ1) is 18.6. The molecule has 0 bridgehead atoms.